The molecule has 3 heteroatoms. The zero-order valence-electron chi connectivity index (χ0n) is 14.0. The van der Waals surface area contributed by atoms with Crippen LogP contribution in [0.4, 0.5) is 11.4 Å². The number of nitrogens with zero attached hydrogens (tertiary/aromatic N) is 3. The average molecular weight is 323 g/mol. The molecule has 3 aromatic carbocycles. The van der Waals surface area contributed by atoms with E-state index < -0.39 is 0 Å². The molecule has 2 heterocycles. The van der Waals surface area contributed by atoms with Gasteiger partial charge in [-0.15, -0.1) is 0 Å². The van der Waals surface area contributed by atoms with Gasteiger partial charge in [0.15, 0.2) is 0 Å². The number of fused-ring (bicyclic) bond motifs is 2. The average Bonchev–Trinajstić information content (AvgIpc) is 2.69. The van der Waals surface area contributed by atoms with Gasteiger partial charge in [-0.3, -0.25) is 0 Å². The zero-order chi connectivity index (χ0) is 16.8. The summed E-state index contributed by atoms with van der Waals surface area (Å²) < 4.78 is 0. The summed E-state index contributed by atoms with van der Waals surface area (Å²) >= 11 is 0. The largest absolute Gasteiger partial charge is 0.338 e. The van der Waals surface area contributed by atoms with Gasteiger partial charge in [0, 0.05) is 23.2 Å². The van der Waals surface area contributed by atoms with E-state index in [9.17, 15) is 0 Å². The van der Waals surface area contributed by atoms with E-state index in [0.717, 1.165) is 17.9 Å². The van der Waals surface area contributed by atoms with Crippen LogP contribution in [-0.2, 0) is 0 Å². The maximum atomic E-state index is 4.62. The van der Waals surface area contributed by atoms with Crippen molar-refractivity contribution in [2.24, 2.45) is 0 Å². The van der Waals surface area contributed by atoms with Crippen LogP contribution in [0, 0.1) is 0 Å². The number of rotatable bonds is 2. The predicted octanol–water partition coefficient (Wildman–Crippen LogP) is 5.44. The Bertz CT molecular complexity index is 1090. The van der Waals surface area contributed by atoms with Crippen LogP contribution in [-0.4, -0.2) is 16.5 Å². The molecule has 0 aliphatic carbocycles. The molecule has 0 spiro atoms. The first-order chi connectivity index (χ1) is 12.4. The van der Waals surface area contributed by atoms with Crippen LogP contribution in [0.25, 0.3) is 33.2 Å². The van der Waals surface area contributed by atoms with Crippen molar-refractivity contribution < 1.29 is 0 Å². The molecule has 0 fully saturated rings. The van der Waals surface area contributed by atoms with Gasteiger partial charge in [-0.1, -0.05) is 42.5 Å². The Morgan fingerprint density at radius 3 is 2.60 bits per heavy atom. The molecule has 0 N–H and O–H groups in total. The van der Waals surface area contributed by atoms with Crippen molar-refractivity contribution >= 4 is 22.1 Å². The minimum atomic E-state index is 0.888. The van der Waals surface area contributed by atoms with Crippen molar-refractivity contribution in [2.75, 3.05) is 11.4 Å². The standard InChI is InChI=1S/C22H17N3/c1-2-25-19-10-6-9-16-11-17(15-7-4-3-5-8-15)12-18(21(16)19)22-20(25)13-23-14-24-22/h3-14H,2H2,1H3. The van der Waals surface area contributed by atoms with Crippen LogP contribution in [0.3, 0.4) is 0 Å². The molecule has 25 heavy (non-hydrogen) atoms. The van der Waals surface area contributed by atoms with Crippen molar-refractivity contribution in [3.63, 3.8) is 0 Å². The Labute approximate surface area is 146 Å². The molecule has 4 aromatic rings. The number of anilines is 2. The van der Waals surface area contributed by atoms with Gasteiger partial charge < -0.3 is 4.90 Å². The Balaban J connectivity index is 1.89. The number of aromatic nitrogens is 2. The van der Waals surface area contributed by atoms with E-state index in [1.165, 1.54) is 33.2 Å². The molecule has 0 bridgehead atoms. The molecule has 120 valence electrons. The fourth-order valence-corrected chi connectivity index (χ4v) is 3.81. The monoisotopic (exact) mass is 323 g/mol. The molecular weight excluding hydrogens is 306 g/mol. The first-order valence-electron chi connectivity index (χ1n) is 8.57. The molecule has 0 saturated carbocycles. The van der Waals surface area contributed by atoms with Gasteiger partial charge in [0.25, 0.3) is 0 Å². The fraction of sp³-hybridized carbons (Fsp3) is 0.0909. The minimum absolute atomic E-state index is 0.888. The Morgan fingerprint density at radius 1 is 0.880 bits per heavy atom. The number of hydrogen-bond donors (Lipinski definition) is 0. The first-order valence-corrected chi connectivity index (χ1v) is 8.57. The highest BCUT2D eigenvalue weighted by molar-refractivity contribution is 6.12. The van der Waals surface area contributed by atoms with Crippen molar-refractivity contribution in [2.45, 2.75) is 6.92 Å². The van der Waals surface area contributed by atoms with Crippen molar-refractivity contribution in [1.29, 1.82) is 0 Å². The quantitative estimate of drug-likeness (QED) is 0.492. The normalized spacial score (nSPS) is 12.3. The lowest BCUT2D eigenvalue weighted by atomic mass is 9.91. The van der Waals surface area contributed by atoms with E-state index in [-0.39, 0.29) is 0 Å². The summed E-state index contributed by atoms with van der Waals surface area (Å²) in [5.41, 5.74) is 6.95. The van der Waals surface area contributed by atoms with Gasteiger partial charge in [-0.05, 0) is 41.6 Å². The lowest BCUT2D eigenvalue weighted by molar-refractivity contribution is 1.00. The van der Waals surface area contributed by atoms with Gasteiger partial charge in [0.2, 0.25) is 0 Å². The SMILES string of the molecule is CCN1c2cncnc2-c2cc(-c3ccccc3)cc3cccc1c23. The van der Waals surface area contributed by atoms with E-state index in [4.69, 9.17) is 0 Å². The second kappa shape index (κ2) is 5.42. The van der Waals surface area contributed by atoms with E-state index >= 15 is 0 Å². The smallest absolute Gasteiger partial charge is 0.116 e. The van der Waals surface area contributed by atoms with Crippen LogP contribution in [0.2, 0.25) is 0 Å². The van der Waals surface area contributed by atoms with Crippen molar-refractivity contribution in [3.05, 3.63) is 73.2 Å². The van der Waals surface area contributed by atoms with Gasteiger partial charge in [0.1, 0.15) is 6.33 Å². The van der Waals surface area contributed by atoms with Gasteiger partial charge in [0.05, 0.1) is 17.6 Å². The summed E-state index contributed by atoms with van der Waals surface area (Å²) in [6.07, 6.45) is 3.56. The summed E-state index contributed by atoms with van der Waals surface area (Å²) in [5.74, 6) is 0. The third-order valence-electron chi connectivity index (χ3n) is 4.91. The molecule has 1 aromatic heterocycles. The highest BCUT2D eigenvalue weighted by Crippen LogP contribution is 2.47. The lowest BCUT2D eigenvalue weighted by Gasteiger charge is -2.31. The van der Waals surface area contributed by atoms with Crippen LogP contribution >= 0.6 is 0 Å². The molecule has 5 rings (SSSR count). The van der Waals surface area contributed by atoms with Crippen molar-refractivity contribution in [1.82, 2.24) is 9.97 Å². The Hall–Kier alpha value is -3.20. The van der Waals surface area contributed by atoms with Gasteiger partial charge in [-0.2, -0.15) is 0 Å². The molecule has 1 aliphatic rings. The van der Waals surface area contributed by atoms with E-state index in [0.29, 0.717) is 0 Å². The molecular formula is C22H17N3. The number of benzene rings is 3. The van der Waals surface area contributed by atoms with E-state index in [1.807, 2.05) is 12.3 Å². The highest BCUT2D eigenvalue weighted by atomic mass is 15.2. The summed E-state index contributed by atoms with van der Waals surface area (Å²) in [4.78, 5) is 11.2. The second-order valence-electron chi connectivity index (χ2n) is 6.27. The Kier molecular flexibility index (Phi) is 3.07. The first kappa shape index (κ1) is 14.2. The molecule has 0 unspecified atom stereocenters. The maximum absolute atomic E-state index is 4.62. The topological polar surface area (TPSA) is 29.0 Å². The Morgan fingerprint density at radius 2 is 1.76 bits per heavy atom. The van der Waals surface area contributed by atoms with Crippen LogP contribution in [0.1, 0.15) is 6.92 Å². The maximum Gasteiger partial charge on any atom is 0.116 e. The van der Waals surface area contributed by atoms with E-state index in [1.54, 1.807) is 6.33 Å². The minimum Gasteiger partial charge on any atom is -0.338 e. The molecule has 0 radical (unpaired) electrons. The highest BCUT2D eigenvalue weighted by Gasteiger charge is 2.25. The predicted molar refractivity (Wildman–Crippen MR) is 103 cm³/mol. The van der Waals surface area contributed by atoms with Gasteiger partial charge in [-0.25, -0.2) is 9.97 Å². The summed E-state index contributed by atoms with van der Waals surface area (Å²) in [7, 11) is 0. The van der Waals surface area contributed by atoms with Crippen molar-refractivity contribution in [3.8, 4) is 22.4 Å². The second-order valence-corrected chi connectivity index (χ2v) is 6.27. The summed E-state index contributed by atoms with van der Waals surface area (Å²) in [6.45, 7) is 3.05. The summed E-state index contributed by atoms with van der Waals surface area (Å²) in [5, 5.41) is 2.52. The number of hydrogen-bond acceptors (Lipinski definition) is 3. The molecule has 0 atom stereocenters. The van der Waals surface area contributed by atoms with Gasteiger partial charge >= 0.3 is 0 Å². The third-order valence-corrected chi connectivity index (χ3v) is 4.91. The molecule has 1 aliphatic heterocycles. The lowest BCUT2D eigenvalue weighted by Crippen LogP contribution is -2.20. The molecule has 0 amide bonds. The van der Waals surface area contributed by atoms with E-state index in [2.05, 4.69) is 76.4 Å². The zero-order valence-corrected chi connectivity index (χ0v) is 14.0. The molecule has 3 nitrogen and oxygen atoms in total. The van der Waals surface area contributed by atoms with Crippen LogP contribution in [0.15, 0.2) is 73.2 Å². The van der Waals surface area contributed by atoms with Crippen LogP contribution in [0.5, 0.6) is 0 Å². The fourth-order valence-electron chi connectivity index (χ4n) is 3.81. The van der Waals surface area contributed by atoms with Crippen LogP contribution < -0.4 is 4.90 Å². The third kappa shape index (κ3) is 2.06. The summed E-state index contributed by atoms with van der Waals surface area (Å²) in [6, 6.07) is 21.6. The molecule has 0 saturated heterocycles.